The van der Waals surface area contributed by atoms with Crippen molar-refractivity contribution in [3.8, 4) is 0 Å². The molecule has 2 atom stereocenters. The Kier molecular flexibility index (Phi) is 8.62. The summed E-state index contributed by atoms with van der Waals surface area (Å²) in [7, 11) is 0. The molecule has 186 valence electrons. The highest BCUT2D eigenvalue weighted by Gasteiger charge is 2.51. The van der Waals surface area contributed by atoms with Gasteiger partial charge in [0.05, 0.1) is 19.6 Å². The first-order valence-corrected chi connectivity index (χ1v) is 14.3. The maximum Gasteiger partial charge on any atom is 0.332 e. The molecule has 4 aliphatic heterocycles. The van der Waals surface area contributed by atoms with Gasteiger partial charge < -0.3 is 26.2 Å². The number of hydrogen-bond acceptors (Lipinski definition) is 4. The van der Waals surface area contributed by atoms with Crippen molar-refractivity contribution in [1.29, 1.82) is 0 Å². The van der Waals surface area contributed by atoms with E-state index in [0.29, 0.717) is 5.92 Å². The van der Waals surface area contributed by atoms with Gasteiger partial charge in [0, 0.05) is 23.6 Å². The number of rotatable bonds is 7. The Hall–Kier alpha value is -0.430. The summed E-state index contributed by atoms with van der Waals surface area (Å²) in [6, 6.07) is 4.21. The lowest BCUT2D eigenvalue weighted by atomic mass is 9.81. The van der Waals surface area contributed by atoms with Crippen molar-refractivity contribution in [2.75, 3.05) is 39.3 Å². The van der Waals surface area contributed by atoms with Gasteiger partial charge in [0.2, 0.25) is 0 Å². The van der Waals surface area contributed by atoms with E-state index < -0.39 is 5.54 Å². The summed E-state index contributed by atoms with van der Waals surface area (Å²) in [5.41, 5.74) is -0.631. The summed E-state index contributed by atoms with van der Waals surface area (Å²) in [4.78, 5) is 17.4. The fourth-order valence-electron chi connectivity index (χ4n) is 7.14. The van der Waals surface area contributed by atoms with Crippen molar-refractivity contribution in [3.05, 3.63) is 22.4 Å². The molecule has 1 aromatic heterocycles. The molecule has 1 saturated carbocycles. The Morgan fingerprint density at radius 3 is 2.45 bits per heavy atom. The van der Waals surface area contributed by atoms with E-state index in [1.807, 2.05) is 0 Å². The Bertz CT molecular complexity index is 752. The number of esters is 1. The first-order valence-electron chi connectivity index (χ1n) is 13.4. The fourth-order valence-corrected chi connectivity index (χ4v) is 8.04. The molecule has 1 aromatic rings. The molecular weight excluding hydrogens is 496 g/mol. The van der Waals surface area contributed by atoms with E-state index in [0.717, 1.165) is 30.4 Å². The highest BCUT2D eigenvalue weighted by Crippen LogP contribution is 2.40. The van der Waals surface area contributed by atoms with Crippen molar-refractivity contribution in [2.45, 2.75) is 89.2 Å². The molecule has 0 N–H and O–H groups in total. The number of fused-ring (bicyclic) bond motifs is 3. The van der Waals surface area contributed by atoms with E-state index in [1.54, 1.807) is 11.3 Å². The van der Waals surface area contributed by atoms with Crippen LogP contribution in [0.25, 0.3) is 0 Å². The monoisotopic (exact) mass is 538 g/mol. The molecule has 1 unspecified atom stereocenters. The molecule has 1 aliphatic carbocycles. The number of quaternary nitrogens is 1. The van der Waals surface area contributed by atoms with Gasteiger partial charge in [0.15, 0.2) is 11.6 Å². The Morgan fingerprint density at radius 1 is 1.09 bits per heavy atom. The number of halogens is 1. The third-order valence-electron chi connectivity index (χ3n) is 9.42. The van der Waals surface area contributed by atoms with Crippen LogP contribution in [0.1, 0.15) is 82.4 Å². The van der Waals surface area contributed by atoms with Crippen LogP contribution in [0.15, 0.2) is 17.5 Å². The molecule has 5 heterocycles. The number of carbonyl (C=O) groups is 1. The summed E-state index contributed by atoms with van der Waals surface area (Å²) < 4.78 is 7.71. The minimum absolute atomic E-state index is 0. The molecular formula is C27H43BrN2O2S. The first kappa shape index (κ1) is 25.7. The highest BCUT2D eigenvalue weighted by molar-refractivity contribution is 7.10. The van der Waals surface area contributed by atoms with Crippen molar-refractivity contribution >= 4 is 17.3 Å². The Labute approximate surface area is 215 Å². The minimum atomic E-state index is -0.631. The van der Waals surface area contributed by atoms with Crippen molar-refractivity contribution in [2.24, 2.45) is 11.8 Å². The van der Waals surface area contributed by atoms with E-state index in [4.69, 9.17) is 4.74 Å². The van der Waals surface area contributed by atoms with E-state index in [-0.39, 0.29) is 29.1 Å². The van der Waals surface area contributed by atoms with Crippen LogP contribution in [0.2, 0.25) is 0 Å². The first-order chi connectivity index (χ1) is 15.6. The van der Waals surface area contributed by atoms with Crippen LogP contribution in [0.4, 0.5) is 0 Å². The van der Waals surface area contributed by atoms with Gasteiger partial charge in [-0.3, -0.25) is 4.90 Å². The second-order valence-corrected chi connectivity index (χ2v) is 12.3. The normalized spacial score (nSPS) is 32.6. The average molecular weight is 540 g/mol. The third-order valence-corrected chi connectivity index (χ3v) is 10.5. The van der Waals surface area contributed by atoms with Crippen LogP contribution in [0.3, 0.4) is 0 Å². The van der Waals surface area contributed by atoms with E-state index in [1.165, 1.54) is 94.7 Å². The average Bonchev–Trinajstić information content (AvgIpc) is 3.40. The van der Waals surface area contributed by atoms with Crippen LogP contribution < -0.4 is 17.0 Å². The summed E-state index contributed by atoms with van der Waals surface area (Å²) in [6.07, 6.45) is 14.8. The quantitative estimate of drug-likeness (QED) is 0.394. The fraction of sp³-hybridized carbons (Fsp3) is 0.815. The van der Waals surface area contributed by atoms with Crippen LogP contribution in [-0.4, -0.2) is 60.7 Å². The smallest absolute Gasteiger partial charge is 0.332 e. The molecule has 33 heavy (non-hydrogen) atoms. The topological polar surface area (TPSA) is 29.5 Å². The maximum absolute atomic E-state index is 13.9. The number of piperidine rings is 4. The van der Waals surface area contributed by atoms with Crippen LogP contribution in [-0.2, 0) is 15.1 Å². The number of hydrogen-bond donors (Lipinski definition) is 0. The van der Waals surface area contributed by atoms with Crippen LogP contribution >= 0.6 is 11.3 Å². The molecule has 0 amide bonds. The lowest BCUT2D eigenvalue weighted by molar-refractivity contribution is -0.946. The molecule has 5 aliphatic rings. The number of likely N-dealkylation sites (tertiary alicyclic amines) is 1. The second-order valence-electron chi connectivity index (χ2n) is 11.4. The molecule has 4 saturated heterocycles. The SMILES string of the molecule is CC(C(=O)O[C@H]1C[N+]2(CCC3CCCCC3)CCC1CC2)(c1cccs1)N1CCCCC1.[Br-]. The molecule has 0 aromatic carbocycles. The van der Waals surface area contributed by atoms with Crippen molar-refractivity contribution in [3.63, 3.8) is 0 Å². The number of nitrogens with zero attached hydrogens (tertiary/aromatic N) is 2. The van der Waals surface area contributed by atoms with Gasteiger partial charge >= 0.3 is 5.97 Å². The summed E-state index contributed by atoms with van der Waals surface area (Å²) in [5.74, 6) is 1.52. The van der Waals surface area contributed by atoms with Crippen molar-refractivity contribution < 1.29 is 31.0 Å². The van der Waals surface area contributed by atoms with Crippen molar-refractivity contribution in [1.82, 2.24) is 4.90 Å². The predicted molar refractivity (Wildman–Crippen MR) is 131 cm³/mol. The second kappa shape index (κ2) is 11.1. The number of carbonyl (C=O) groups excluding carboxylic acids is 1. The predicted octanol–water partition coefficient (Wildman–Crippen LogP) is 2.58. The van der Waals surface area contributed by atoms with E-state index >= 15 is 0 Å². The van der Waals surface area contributed by atoms with Gasteiger partial charge in [0.25, 0.3) is 0 Å². The van der Waals surface area contributed by atoms with E-state index in [2.05, 4.69) is 29.3 Å². The third kappa shape index (κ3) is 5.39. The zero-order valence-corrected chi connectivity index (χ0v) is 22.9. The summed E-state index contributed by atoms with van der Waals surface area (Å²) >= 11 is 1.71. The molecule has 0 radical (unpaired) electrons. The zero-order valence-electron chi connectivity index (χ0n) is 20.5. The summed E-state index contributed by atoms with van der Waals surface area (Å²) in [5, 5.41) is 2.10. The van der Waals surface area contributed by atoms with E-state index in [9.17, 15) is 4.79 Å². The lowest BCUT2D eigenvalue weighted by Crippen LogP contribution is -3.00. The van der Waals surface area contributed by atoms with Gasteiger partial charge in [-0.05, 0) is 56.6 Å². The van der Waals surface area contributed by atoms with Gasteiger partial charge in [-0.1, -0.05) is 44.6 Å². The molecule has 6 heteroatoms. The van der Waals surface area contributed by atoms with Gasteiger partial charge in [-0.2, -0.15) is 0 Å². The number of ether oxygens (including phenoxy) is 1. The number of thiophene rings is 1. The Morgan fingerprint density at radius 2 is 1.79 bits per heavy atom. The standard InChI is InChI=1S/C27H43N2O2S.BrH/c1-27(25-11-8-20-32-25,28-15-6-3-7-16-28)26(30)31-24-21-29(18-13-23(24)14-19-29)17-12-22-9-4-2-5-10-22;/h8,11,20,22-24H,2-7,9-10,12-19,21H2,1H3;1H/q+1;/p-1/t23?,24-,27?,29?;/m0./s1. The van der Waals surface area contributed by atoms with Crippen LogP contribution in [0, 0.1) is 11.8 Å². The largest absolute Gasteiger partial charge is 1.00 e. The van der Waals surface area contributed by atoms with Gasteiger partial charge in [0.1, 0.15) is 6.54 Å². The van der Waals surface area contributed by atoms with Crippen LogP contribution in [0.5, 0.6) is 0 Å². The molecule has 0 spiro atoms. The lowest BCUT2D eigenvalue weighted by Gasteiger charge is -2.53. The molecule has 2 bridgehead atoms. The summed E-state index contributed by atoms with van der Waals surface area (Å²) in [6.45, 7) is 9.10. The van der Waals surface area contributed by atoms with Gasteiger partial charge in [-0.15, -0.1) is 11.3 Å². The van der Waals surface area contributed by atoms with Gasteiger partial charge in [-0.25, -0.2) is 4.79 Å². The minimum Gasteiger partial charge on any atom is -1.00 e. The zero-order chi connectivity index (χ0) is 22.0. The maximum atomic E-state index is 13.9. The molecule has 6 rings (SSSR count). The Balaban J connectivity index is 0.00000259. The molecule has 5 fully saturated rings. The molecule has 4 nitrogen and oxygen atoms in total. The highest BCUT2D eigenvalue weighted by atomic mass is 79.9.